The number of aliphatic imine (C=N–C) groups is 1. The van der Waals surface area contributed by atoms with Gasteiger partial charge < -0.3 is 15.1 Å². The highest BCUT2D eigenvalue weighted by Crippen LogP contribution is 2.12. The van der Waals surface area contributed by atoms with Crippen molar-refractivity contribution in [3.8, 4) is 0 Å². The molecule has 9 heteroatoms. The molecule has 3 heterocycles. The van der Waals surface area contributed by atoms with Crippen molar-refractivity contribution in [2.45, 2.75) is 20.3 Å². The second kappa shape index (κ2) is 10.6. The molecule has 2 aromatic heterocycles. The van der Waals surface area contributed by atoms with Crippen LogP contribution in [0.2, 0.25) is 0 Å². The third kappa shape index (κ3) is 5.76. The van der Waals surface area contributed by atoms with Gasteiger partial charge in [-0.05, 0) is 19.9 Å². The lowest BCUT2D eigenvalue weighted by Crippen LogP contribution is -2.53. The Bertz CT molecular complexity index is 683. The highest BCUT2D eigenvalue weighted by Gasteiger charge is 2.20. The molecule has 142 valence electrons. The third-order valence-corrected chi connectivity index (χ3v) is 4.98. The Morgan fingerprint density at radius 2 is 1.92 bits per heavy atom. The number of thiazole rings is 1. The minimum absolute atomic E-state index is 0. The lowest BCUT2D eigenvalue weighted by Gasteiger charge is -2.36. The molecule has 0 atom stereocenters. The van der Waals surface area contributed by atoms with Crippen LogP contribution >= 0.6 is 35.3 Å². The molecule has 0 amide bonds. The van der Waals surface area contributed by atoms with Crippen LogP contribution in [0.1, 0.15) is 16.8 Å². The maximum atomic E-state index is 4.79. The minimum Gasteiger partial charge on any atom is -0.357 e. The molecule has 1 fully saturated rings. The molecule has 0 bridgehead atoms. The van der Waals surface area contributed by atoms with Gasteiger partial charge in [-0.1, -0.05) is 0 Å². The molecule has 0 spiro atoms. The van der Waals surface area contributed by atoms with Gasteiger partial charge in [0.2, 0.25) is 5.95 Å². The van der Waals surface area contributed by atoms with E-state index in [2.05, 4.69) is 43.9 Å². The standard InChI is InChI=1S/C17H25N7S.HI/c1-3-18-16(21-8-5-15-22-13-14(2)25-15)23-9-11-24(12-10-23)17-19-6-4-7-20-17;/h4,6-7,13H,3,5,8-12H2,1-2H3,(H,18,21);1H. The number of nitrogens with one attached hydrogen (secondary N) is 1. The molecule has 1 aliphatic heterocycles. The van der Waals surface area contributed by atoms with Gasteiger partial charge in [0, 0.05) is 69.2 Å². The second-order valence-corrected chi connectivity index (χ2v) is 7.19. The Morgan fingerprint density at radius 3 is 2.54 bits per heavy atom. The Balaban J connectivity index is 0.00000243. The summed E-state index contributed by atoms with van der Waals surface area (Å²) in [5.74, 6) is 1.80. The molecule has 2 aromatic rings. The highest BCUT2D eigenvalue weighted by atomic mass is 127. The van der Waals surface area contributed by atoms with E-state index in [1.807, 2.05) is 12.3 Å². The zero-order chi connectivity index (χ0) is 17.5. The summed E-state index contributed by atoms with van der Waals surface area (Å²) in [4.78, 5) is 23.7. The molecule has 0 radical (unpaired) electrons. The van der Waals surface area contributed by atoms with Crippen molar-refractivity contribution < 1.29 is 0 Å². The van der Waals surface area contributed by atoms with E-state index in [1.54, 1.807) is 23.7 Å². The van der Waals surface area contributed by atoms with Crippen LogP contribution in [0.15, 0.2) is 29.6 Å². The van der Waals surface area contributed by atoms with Crippen LogP contribution in [0, 0.1) is 6.92 Å². The number of hydrogen-bond acceptors (Lipinski definition) is 6. The number of guanidine groups is 1. The van der Waals surface area contributed by atoms with Gasteiger partial charge in [0.05, 0.1) is 5.01 Å². The van der Waals surface area contributed by atoms with E-state index in [0.717, 1.165) is 62.6 Å². The Kier molecular flexibility index (Phi) is 8.49. The smallest absolute Gasteiger partial charge is 0.225 e. The van der Waals surface area contributed by atoms with E-state index in [0.29, 0.717) is 0 Å². The maximum Gasteiger partial charge on any atom is 0.225 e. The van der Waals surface area contributed by atoms with Crippen LogP contribution in [0.4, 0.5) is 5.95 Å². The van der Waals surface area contributed by atoms with Crippen molar-refractivity contribution in [2.24, 2.45) is 4.99 Å². The van der Waals surface area contributed by atoms with E-state index in [1.165, 1.54) is 4.88 Å². The molecule has 0 unspecified atom stereocenters. The Morgan fingerprint density at radius 1 is 1.19 bits per heavy atom. The van der Waals surface area contributed by atoms with Crippen molar-refractivity contribution in [1.82, 2.24) is 25.2 Å². The quantitative estimate of drug-likeness (QED) is 0.396. The highest BCUT2D eigenvalue weighted by molar-refractivity contribution is 14.0. The molecule has 0 saturated carbocycles. The summed E-state index contributed by atoms with van der Waals surface area (Å²) in [5.41, 5.74) is 0. The summed E-state index contributed by atoms with van der Waals surface area (Å²) in [6, 6.07) is 1.85. The van der Waals surface area contributed by atoms with Crippen LogP contribution < -0.4 is 10.2 Å². The topological polar surface area (TPSA) is 69.5 Å². The van der Waals surface area contributed by atoms with Gasteiger partial charge in [0.25, 0.3) is 0 Å². The fraction of sp³-hybridized carbons (Fsp3) is 0.529. The first kappa shape index (κ1) is 20.8. The van der Waals surface area contributed by atoms with Crippen LogP contribution in [-0.2, 0) is 6.42 Å². The predicted molar refractivity (Wildman–Crippen MR) is 118 cm³/mol. The van der Waals surface area contributed by atoms with Crippen molar-refractivity contribution in [2.75, 3.05) is 44.2 Å². The lowest BCUT2D eigenvalue weighted by atomic mass is 10.3. The van der Waals surface area contributed by atoms with E-state index < -0.39 is 0 Å². The molecular formula is C17H26IN7S. The molecule has 0 aliphatic carbocycles. The van der Waals surface area contributed by atoms with Crippen LogP contribution in [0.5, 0.6) is 0 Å². The van der Waals surface area contributed by atoms with Gasteiger partial charge in [-0.2, -0.15) is 0 Å². The number of aryl methyl sites for hydroxylation is 1. The van der Waals surface area contributed by atoms with Gasteiger partial charge in [0.1, 0.15) is 0 Å². The SMILES string of the molecule is CCNC(=NCCc1ncc(C)s1)N1CCN(c2ncccn2)CC1.I. The second-order valence-electron chi connectivity index (χ2n) is 5.87. The molecule has 7 nitrogen and oxygen atoms in total. The first-order valence-corrected chi connectivity index (χ1v) is 9.54. The summed E-state index contributed by atoms with van der Waals surface area (Å²) in [6.45, 7) is 9.47. The normalized spacial score (nSPS) is 14.9. The van der Waals surface area contributed by atoms with E-state index in [9.17, 15) is 0 Å². The molecule has 1 saturated heterocycles. The van der Waals surface area contributed by atoms with E-state index in [4.69, 9.17) is 4.99 Å². The van der Waals surface area contributed by atoms with Gasteiger partial charge >= 0.3 is 0 Å². The lowest BCUT2D eigenvalue weighted by molar-refractivity contribution is 0.370. The van der Waals surface area contributed by atoms with E-state index >= 15 is 0 Å². The molecule has 0 aromatic carbocycles. The minimum atomic E-state index is 0. The largest absolute Gasteiger partial charge is 0.357 e. The van der Waals surface area contributed by atoms with Crippen molar-refractivity contribution in [3.05, 3.63) is 34.5 Å². The van der Waals surface area contributed by atoms with Crippen LogP contribution in [-0.4, -0.2) is 65.1 Å². The molecule has 1 aliphatic rings. The van der Waals surface area contributed by atoms with Crippen LogP contribution in [0.3, 0.4) is 0 Å². The third-order valence-electron chi connectivity index (χ3n) is 4.01. The average molecular weight is 487 g/mol. The van der Waals surface area contributed by atoms with Gasteiger partial charge in [0.15, 0.2) is 5.96 Å². The Hall–Kier alpha value is -1.49. The molecule has 26 heavy (non-hydrogen) atoms. The number of hydrogen-bond donors (Lipinski definition) is 1. The maximum absolute atomic E-state index is 4.79. The zero-order valence-corrected chi connectivity index (χ0v) is 18.4. The van der Waals surface area contributed by atoms with Crippen LogP contribution in [0.25, 0.3) is 0 Å². The number of halogens is 1. The van der Waals surface area contributed by atoms with Crippen molar-refractivity contribution >= 4 is 47.2 Å². The number of nitrogens with zero attached hydrogens (tertiary/aromatic N) is 6. The first-order chi connectivity index (χ1) is 12.3. The molecular weight excluding hydrogens is 461 g/mol. The van der Waals surface area contributed by atoms with Crippen molar-refractivity contribution in [3.63, 3.8) is 0 Å². The van der Waals surface area contributed by atoms with Crippen molar-refractivity contribution in [1.29, 1.82) is 0 Å². The Labute approximate surface area is 176 Å². The monoisotopic (exact) mass is 487 g/mol. The van der Waals surface area contributed by atoms with Gasteiger partial charge in [-0.25, -0.2) is 15.0 Å². The number of anilines is 1. The van der Waals surface area contributed by atoms with E-state index in [-0.39, 0.29) is 24.0 Å². The number of piperazine rings is 1. The summed E-state index contributed by atoms with van der Waals surface area (Å²) < 4.78 is 0. The summed E-state index contributed by atoms with van der Waals surface area (Å²) in [5, 5.41) is 4.56. The van der Waals surface area contributed by atoms with Gasteiger partial charge in [-0.3, -0.25) is 4.99 Å². The summed E-state index contributed by atoms with van der Waals surface area (Å²) >= 11 is 1.75. The summed E-state index contributed by atoms with van der Waals surface area (Å²) in [7, 11) is 0. The number of aromatic nitrogens is 3. The number of rotatable bonds is 5. The van der Waals surface area contributed by atoms with Gasteiger partial charge in [-0.15, -0.1) is 35.3 Å². The fourth-order valence-corrected chi connectivity index (χ4v) is 3.55. The summed E-state index contributed by atoms with van der Waals surface area (Å²) in [6.07, 6.45) is 6.41. The molecule has 3 rings (SSSR count). The first-order valence-electron chi connectivity index (χ1n) is 8.73. The average Bonchev–Trinajstić information content (AvgIpc) is 3.07. The fourth-order valence-electron chi connectivity index (χ4n) is 2.77. The zero-order valence-electron chi connectivity index (χ0n) is 15.3. The molecule has 1 N–H and O–H groups in total. The predicted octanol–water partition coefficient (Wildman–Crippen LogP) is 2.19.